The quantitative estimate of drug-likeness (QED) is 0.448. The summed E-state index contributed by atoms with van der Waals surface area (Å²) in [4.78, 5) is 13.5. The lowest BCUT2D eigenvalue weighted by molar-refractivity contribution is -0.137. The molecule has 0 saturated heterocycles. The second kappa shape index (κ2) is 8.19. The number of hydrogen-bond donors (Lipinski definition) is 1. The molecule has 2 aromatic carbocycles. The molecular weight excluding hydrogens is 497 g/mol. The minimum Gasteiger partial charge on any atom is -0.511 e. The summed E-state index contributed by atoms with van der Waals surface area (Å²) in [7, 11) is 0. The topological polar surface area (TPSA) is 46.5 Å². The highest BCUT2D eigenvalue weighted by atomic mass is 79.9. The van der Waals surface area contributed by atoms with Crippen LogP contribution in [0.25, 0.3) is 5.57 Å². The summed E-state index contributed by atoms with van der Waals surface area (Å²) in [6, 6.07) is 8.53. The monoisotopic (exact) mass is 520 g/mol. The number of fused-ring (bicyclic) bond motifs is 2. The number of hydrogen-bond acceptors (Lipinski definition) is 3. The molecule has 33 heavy (non-hydrogen) atoms. The van der Waals surface area contributed by atoms with Crippen LogP contribution in [0.1, 0.15) is 49.3 Å². The molecule has 4 aliphatic carbocycles. The number of aliphatic hydroxyl groups excluding tert-OH is 1. The normalized spacial score (nSPS) is 26.6. The molecule has 3 saturated carbocycles. The highest BCUT2D eigenvalue weighted by Crippen LogP contribution is 2.57. The zero-order chi connectivity index (χ0) is 23.5. The summed E-state index contributed by atoms with van der Waals surface area (Å²) < 4.78 is 45.0. The Hall–Kier alpha value is -2.28. The van der Waals surface area contributed by atoms with Crippen molar-refractivity contribution in [1.29, 1.82) is 0 Å². The number of carbonyl (C=O) groups is 1. The molecule has 3 nitrogen and oxygen atoms in total. The Bertz CT molecular complexity index is 1150. The number of carbonyl (C=O) groups excluding carboxylic acids is 1. The lowest BCUT2D eigenvalue weighted by atomic mass is 9.59. The van der Waals surface area contributed by atoms with Crippen LogP contribution in [0.2, 0.25) is 0 Å². The van der Waals surface area contributed by atoms with Gasteiger partial charge in [0.15, 0.2) is 5.78 Å². The lowest BCUT2D eigenvalue weighted by Crippen LogP contribution is -2.41. The molecule has 174 valence electrons. The van der Waals surface area contributed by atoms with E-state index in [-0.39, 0.29) is 33.6 Å². The molecule has 0 spiro atoms. The highest BCUT2D eigenvalue weighted by molar-refractivity contribution is 9.10. The molecule has 6 rings (SSSR count). The maximum absolute atomic E-state index is 13.5. The van der Waals surface area contributed by atoms with Gasteiger partial charge in [-0.05, 0) is 101 Å². The fraction of sp³-hybridized carbons (Fsp3) is 0.423. The molecule has 0 amide bonds. The first-order chi connectivity index (χ1) is 15.7. The van der Waals surface area contributed by atoms with Gasteiger partial charge in [-0.1, -0.05) is 13.0 Å². The minimum atomic E-state index is -4.44. The Morgan fingerprint density at radius 3 is 2.27 bits per heavy atom. The predicted octanol–water partition coefficient (Wildman–Crippen LogP) is 7.73. The zero-order valence-corrected chi connectivity index (χ0v) is 19.7. The molecule has 0 aliphatic heterocycles. The molecular formula is C26H24BrF3O3. The molecule has 4 aliphatic rings. The summed E-state index contributed by atoms with van der Waals surface area (Å²) in [5.41, 5.74) is 1.22. The van der Waals surface area contributed by atoms with Gasteiger partial charge < -0.3 is 9.84 Å². The van der Waals surface area contributed by atoms with E-state index in [1.165, 1.54) is 6.07 Å². The second-order valence-electron chi connectivity index (χ2n) is 9.27. The number of rotatable bonds is 4. The Labute approximate surface area is 198 Å². The number of Topliss-reactive ketones (excluding diaryl/α,β-unsaturated/α-hetero) is 1. The molecule has 1 N–H and O–H groups in total. The first kappa shape index (κ1) is 22.5. The van der Waals surface area contributed by atoms with Gasteiger partial charge in [-0.3, -0.25) is 4.79 Å². The van der Waals surface area contributed by atoms with Crippen LogP contribution in [-0.4, -0.2) is 10.9 Å². The molecule has 0 heterocycles. The van der Waals surface area contributed by atoms with Gasteiger partial charge in [0, 0.05) is 11.8 Å². The molecule has 2 unspecified atom stereocenters. The summed E-state index contributed by atoms with van der Waals surface area (Å²) in [6.07, 6.45) is 0.434. The van der Waals surface area contributed by atoms with Gasteiger partial charge in [-0.25, -0.2) is 0 Å². The van der Waals surface area contributed by atoms with Gasteiger partial charge in [0.2, 0.25) is 0 Å². The third-order valence-corrected chi connectivity index (χ3v) is 8.18. The summed E-state index contributed by atoms with van der Waals surface area (Å²) >= 11 is 3.16. The van der Waals surface area contributed by atoms with E-state index in [1.807, 2.05) is 13.0 Å². The lowest BCUT2D eigenvalue weighted by Gasteiger charge is -2.44. The van der Waals surface area contributed by atoms with Gasteiger partial charge in [0.1, 0.15) is 17.3 Å². The first-order valence-electron chi connectivity index (χ1n) is 11.3. The Balaban J connectivity index is 1.51. The van der Waals surface area contributed by atoms with Crippen molar-refractivity contribution in [1.82, 2.24) is 0 Å². The number of aryl methyl sites for hydroxylation is 1. The van der Waals surface area contributed by atoms with Crippen molar-refractivity contribution < 1.29 is 27.8 Å². The molecule has 0 radical (unpaired) electrons. The van der Waals surface area contributed by atoms with E-state index in [0.29, 0.717) is 35.1 Å². The van der Waals surface area contributed by atoms with Crippen LogP contribution in [0.4, 0.5) is 13.2 Å². The fourth-order valence-electron chi connectivity index (χ4n) is 6.00. The summed E-state index contributed by atoms with van der Waals surface area (Å²) in [5.74, 6) is 1.34. The molecule has 0 aromatic heterocycles. The van der Waals surface area contributed by atoms with Crippen LogP contribution in [0, 0.1) is 23.7 Å². The number of ketones is 1. The number of allylic oxidation sites excluding steroid dienone is 2. The molecule has 2 aromatic rings. The average molecular weight is 521 g/mol. The van der Waals surface area contributed by atoms with E-state index in [2.05, 4.69) is 15.9 Å². The highest BCUT2D eigenvalue weighted by Gasteiger charge is 2.54. The van der Waals surface area contributed by atoms with Crippen LogP contribution in [0.15, 0.2) is 46.6 Å². The number of ether oxygens (including phenoxy) is 1. The van der Waals surface area contributed by atoms with Crippen molar-refractivity contribution in [2.24, 2.45) is 23.7 Å². The standard InChI is InChI=1S/C26H24BrF3O3/c1-2-13-7-9-17(33-20-10-8-16(11-19(20)27)26(28,29)30)12-18(13)23-24(31)21-14-3-4-15(6-5-14)22(21)25(23)32/h7-12,14-15,21-22,31H,2-6H2,1H3. The van der Waals surface area contributed by atoms with Crippen molar-refractivity contribution in [2.75, 3.05) is 0 Å². The summed E-state index contributed by atoms with van der Waals surface area (Å²) in [6.45, 7) is 1.99. The van der Waals surface area contributed by atoms with Crippen LogP contribution in [0.3, 0.4) is 0 Å². The maximum Gasteiger partial charge on any atom is 0.416 e. The van der Waals surface area contributed by atoms with Crippen LogP contribution >= 0.6 is 15.9 Å². The van der Waals surface area contributed by atoms with E-state index in [4.69, 9.17) is 4.74 Å². The van der Waals surface area contributed by atoms with E-state index in [0.717, 1.165) is 43.4 Å². The van der Waals surface area contributed by atoms with Crippen molar-refractivity contribution in [3.8, 4) is 11.5 Å². The van der Waals surface area contributed by atoms with E-state index >= 15 is 0 Å². The molecule has 2 atom stereocenters. The number of aliphatic hydroxyl groups is 1. The Morgan fingerprint density at radius 1 is 1.03 bits per heavy atom. The van der Waals surface area contributed by atoms with E-state index in [9.17, 15) is 23.1 Å². The van der Waals surface area contributed by atoms with Gasteiger partial charge in [-0.2, -0.15) is 13.2 Å². The molecule has 7 heteroatoms. The van der Waals surface area contributed by atoms with Crippen molar-refractivity contribution >= 4 is 27.3 Å². The molecule has 3 fully saturated rings. The van der Waals surface area contributed by atoms with Crippen LogP contribution in [0.5, 0.6) is 11.5 Å². The number of benzene rings is 2. The largest absolute Gasteiger partial charge is 0.511 e. The summed E-state index contributed by atoms with van der Waals surface area (Å²) in [5, 5.41) is 11.2. The SMILES string of the molecule is CCc1ccc(Oc2ccc(C(F)(F)F)cc2Br)cc1C1=C(O)C2C3CCC(CC3)C2C1=O. The third kappa shape index (κ3) is 3.78. The van der Waals surface area contributed by atoms with Crippen molar-refractivity contribution in [3.63, 3.8) is 0 Å². The average Bonchev–Trinajstić information content (AvgIpc) is 3.07. The predicted molar refractivity (Wildman–Crippen MR) is 122 cm³/mol. The number of alkyl halides is 3. The van der Waals surface area contributed by atoms with Crippen molar-refractivity contribution in [2.45, 2.75) is 45.2 Å². The smallest absolute Gasteiger partial charge is 0.416 e. The first-order valence-corrected chi connectivity index (χ1v) is 12.1. The van der Waals surface area contributed by atoms with Crippen molar-refractivity contribution in [3.05, 3.63) is 63.3 Å². The van der Waals surface area contributed by atoms with Crippen LogP contribution < -0.4 is 4.74 Å². The van der Waals surface area contributed by atoms with E-state index < -0.39 is 11.7 Å². The fourth-order valence-corrected chi connectivity index (χ4v) is 6.46. The maximum atomic E-state index is 13.5. The third-order valence-electron chi connectivity index (χ3n) is 7.56. The van der Waals surface area contributed by atoms with Crippen LogP contribution in [-0.2, 0) is 17.4 Å². The Morgan fingerprint density at radius 2 is 1.70 bits per heavy atom. The van der Waals surface area contributed by atoms with Gasteiger partial charge >= 0.3 is 6.18 Å². The minimum absolute atomic E-state index is 0.0226. The molecule has 2 bridgehead atoms. The van der Waals surface area contributed by atoms with E-state index in [1.54, 1.807) is 12.1 Å². The number of halogens is 4. The van der Waals surface area contributed by atoms with Gasteiger partial charge in [0.05, 0.1) is 15.6 Å². The zero-order valence-electron chi connectivity index (χ0n) is 18.1. The van der Waals surface area contributed by atoms with Gasteiger partial charge in [-0.15, -0.1) is 0 Å². The second-order valence-corrected chi connectivity index (χ2v) is 10.1. The Kier molecular flexibility index (Phi) is 5.58. The van der Waals surface area contributed by atoms with Gasteiger partial charge in [0.25, 0.3) is 0 Å².